The third kappa shape index (κ3) is 4.43. The molecule has 0 radical (unpaired) electrons. The fourth-order valence-electron chi connectivity index (χ4n) is 2.83. The lowest BCUT2D eigenvalue weighted by atomic mass is 10.0. The molecule has 2 heterocycles. The van der Waals surface area contributed by atoms with Gasteiger partial charge in [-0.25, -0.2) is 0 Å². The Morgan fingerprint density at radius 1 is 1.35 bits per heavy atom. The minimum absolute atomic E-state index is 0.0952. The van der Waals surface area contributed by atoms with E-state index in [1.807, 2.05) is 12.1 Å². The van der Waals surface area contributed by atoms with Crippen LogP contribution in [0, 0.1) is 6.92 Å². The summed E-state index contributed by atoms with van der Waals surface area (Å²) in [5, 5.41) is 12.5. The number of aromatic nitrogens is 2. The molecule has 1 aliphatic rings. The number of hydrogen-bond donors (Lipinski definition) is 2. The van der Waals surface area contributed by atoms with Gasteiger partial charge in [0, 0.05) is 13.0 Å². The van der Waals surface area contributed by atoms with Crippen LogP contribution >= 0.6 is 11.6 Å². The first-order chi connectivity index (χ1) is 12.4. The number of halogens is 1. The Balaban J connectivity index is 0.000000187. The van der Waals surface area contributed by atoms with Crippen molar-refractivity contribution in [3.8, 4) is 5.88 Å². The highest BCUT2D eigenvalue weighted by molar-refractivity contribution is 6.34. The molecule has 0 unspecified atom stereocenters. The Hall–Kier alpha value is -2.34. The Morgan fingerprint density at radius 2 is 2.08 bits per heavy atom. The van der Waals surface area contributed by atoms with Crippen molar-refractivity contribution in [1.29, 1.82) is 0 Å². The van der Waals surface area contributed by atoms with Crippen molar-refractivity contribution in [3.05, 3.63) is 50.5 Å². The van der Waals surface area contributed by atoms with E-state index in [-0.39, 0.29) is 11.4 Å². The molecule has 1 aliphatic heterocycles. The Bertz CT molecular complexity index is 847. The van der Waals surface area contributed by atoms with E-state index in [9.17, 15) is 14.7 Å². The maximum absolute atomic E-state index is 11.6. The summed E-state index contributed by atoms with van der Waals surface area (Å²) in [7, 11) is 0. The molecule has 2 N–H and O–H groups in total. The quantitative estimate of drug-likeness (QED) is 0.800. The summed E-state index contributed by atoms with van der Waals surface area (Å²) in [6, 6.07) is 5.62. The van der Waals surface area contributed by atoms with Crippen molar-refractivity contribution in [2.24, 2.45) is 0 Å². The summed E-state index contributed by atoms with van der Waals surface area (Å²) < 4.78 is 1.67. The molecule has 1 amide bonds. The van der Waals surface area contributed by atoms with Crippen molar-refractivity contribution in [3.63, 3.8) is 0 Å². The minimum atomic E-state index is -0.113. The predicted octanol–water partition coefficient (Wildman–Crippen LogP) is 3.63. The molecule has 2 aromatic rings. The predicted molar refractivity (Wildman–Crippen MR) is 103 cm³/mol. The van der Waals surface area contributed by atoms with Crippen LogP contribution in [0.5, 0.6) is 5.88 Å². The zero-order valence-corrected chi connectivity index (χ0v) is 16.0. The molecular formula is C19H24ClN3O3. The van der Waals surface area contributed by atoms with E-state index in [0.717, 1.165) is 37.2 Å². The van der Waals surface area contributed by atoms with E-state index >= 15 is 0 Å². The molecule has 0 atom stereocenters. The monoisotopic (exact) mass is 377 g/mol. The van der Waals surface area contributed by atoms with Gasteiger partial charge >= 0.3 is 0 Å². The third-order valence-electron chi connectivity index (χ3n) is 4.35. The average molecular weight is 378 g/mol. The van der Waals surface area contributed by atoms with Gasteiger partial charge in [-0.15, -0.1) is 0 Å². The lowest BCUT2D eigenvalue weighted by Gasteiger charge is -2.17. The van der Waals surface area contributed by atoms with Crippen molar-refractivity contribution in [2.45, 2.75) is 52.5 Å². The molecule has 0 fully saturated rings. The summed E-state index contributed by atoms with van der Waals surface area (Å²) in [5.74, 6) is 0.971. The van der Waals surface area contributed by atoms with Crippen molar-refractivity contribution in [1.82, 2.24) is 9.55 Å². The van der Waals surface area contributed by atoms with E-state index in [4.69, 9.17) is 11.6 Å². The van der Waals surface area contributed by atoms with Crippen LogP contribution in [0.4, 0.5) is 5.69 Å². The molecule has 140 valence electrons. The second-order valence-electron chi connectivity index (χ2n) is 6.52. The highest BCUT2D eigenvalue weighted by Crippen LogP contribution is 2.30. The number of hydrogen-bond acceptors (Lipinski definition) is 4. The molecule has 0 saturated heterocycles. The zero-order valence-electron chi connectivity index (χ0n) is 15.3. The van der Waals surface area contributed by atoms with Gasteiger partial charge in [0.25, 0.3) is 5.56 Å². The number of benzene rings is 1. The SMILES string of the molecule is CC(C)c1cccc(NC=O)c1Cl.Cc1c(O)nc2n(c1=O)CCCC2. The number of fused-ring (bicyclic) bond motifs is 1. The summed E-state index contributed by atoms with van der Waals surface area (Å²) in [4.78, 5) is 25.8. The number of carbonyl (C=O) groups is 1. The molecule has 0 aliphatic carbocycles. The van der Waals surface area contributed by atoms with E-state index in [1.54, 1.807) is 17.6 Å². The molecule has 1 aromatic carbocycles. The molecule has 3 rings (SSSR count). The molecule has 26 heavy (non-hydrogen) atoms. The second kappa shape index (κ2) is 8.85. The first-order valence-corrected chi connectivity index (χ1v) is 9.02. The number of aromatic hydroxyl groups is 1. The topological polar surface area (TPSA) is 84.2 Å². The fourth-order valence-corrected chi connectivity index (χ4v) is 3.23. The first-order valence-electron chi connectivity index (χ1n) is 8.64. The molecule has 0 spiro atoms. The molecule has 0 saturated carbocycles. The highest BCUT2D eigenvalue weighted by Gasteiger charge is 2.15. The van der Waals surface area contributed by atoms with Gasteiger partial charge < -0.3 is 10.4 Å². The largest absolute Gasteiger partial charge is 0.493 e. The van der Waals surface area contributed by atoms with E-state index < -0.39 is 0 Å². The number of rotatable bonds is 3. The lowest BCUT2D eigenvalue weighted by Crippen LogP contribution is -2.29. The zero-order chi connectivity index (χ0) is 19.3. The summed E-state index contributed by atoms with van der Waals surface area (Å²) >= 11 is 6.06. The van der Waals surface area contributed by atoms with E-state index in [2.05, 4.69) is 24.1 Å². The van der Waals surface area contributed by atoms with Gasteiger partial charge in [0.05, 0.1) is 16.3 Å². The highest BCUT2D eigenvalue weighted by atomic mass is 35.5. The molecule has 6 nitrogen and oxygen atoms in total. The van der Waals surface area contributed by atoms with Crippen molar-refractivity contribution >= 4 is 23.7 Å². The van der Waals surface area contributed by atoms with E-state index in [0.29, 0.717) is 28.6 Å². The van der Waals surface area contributed by atoms with Gasteiger partial charge in [-0.2, -0.15) is 4.98 Å². The van der Waals surface area contributed by atoms with E-state index in [1.165, 1.54) is 0 Å². The van der Waals surface area contributed by atoms with Crippen molar-refractivity contribution < 1.29 is 9.90 Å². The van der Waals surface area contributed by atoms with Crippen LogP contribution in [0.2, 0.25) is 5.02 Å². The summed E-state index contributed by atoms with van der Waals surface area (Å²) in [5.41, 5.74) is 1.98. The van der Waals surface area contributed by atoms with Gasteiger partial charge in [-0.1, -0.05) is 37.6 Å². The van der Waals surface area contributed by atoms with Crippen LogP contribution in [0.25, 0.3) is 0 Å². The summed E-state index contributed by atoms with van der Waals surface area (Å²) in [6.45, 7) is 6.46. The van der Waals surface area contributed by atoms with Gasteiger partial charge in [-0.05, 0) is 37.3 Å². The van der Waals surface area contributed by atoms with Crippen LogP contribution in [0.15, 0.2) is 23.0 Å². The molecule has 7 heteroatoms. The number of aryl methyl sites for hydroxylation is 1. The number of amides is 1. The van der Waals surface area contributed by atoms with Gasteiger partial charge in [-0.3, -0.25) is 14.2 Å². The minimum Gasteiger partial charge on any atom is -0.493 e. The van der Waals surface area contributed by atoms with Crippen LogP contribution in [0.3, 0.4) is 0 Å². The van der Waals surface area contributed by atoms with Gasteiger partial charge in [0.15, 0.2) is 0 Å². The van der Waals surface area contributed by atoms with Crippen LogP contribution < -0.4 is 10.9 Å². The third-order valence-corrected chi connectivity index (χ3v) is 4.77. The Kier molecular flexibility index (Phi) is 6.80. The molecule has 0 bridgehead atoms. The average Bonchev–Trinajstić information content (AvgIpc) is 2.62. The van der Waals surface area contributed by atoms with Crippen LogP contribution in [-0.2, 0) is 17.8 Å². The Labute approximate surface area is 157 Å². The number of nitrogens with zero attached hydrogens (tertiary/aromatic N) is 2. The number of carbonyl (C=O) groups excluding carboxylic acids is 1. The molecule has 1 aromatic heterocycles. The maximum atomic E-state index is 11.6. The van der Waals surface area contributed by atoms with Gasteiger partial charge in [0.2, 0.25) is 12.3 Å². The lowest BCUT2D eigenvalue weighted by molar-refractivity contribution is -0.105. The summed E-state index contributed by atoms with van der Waals surface area (Å²) in [6.07, 6.45) is 3.50. The molecular weight excluding hydrogens is 354 g/mol. The first kappa shape index (κ1) is 20.0. The van der Waals surface area contributed by atoms with Gasteiger partial charge in [0.1, 0.15) is 5.82 Å². The number of nitrogens with one attached hydrogen (secondary N) is 1. The standard InChI is InChI=1S/C10H12ClNO.C9H12N2O2/c1-7(2)8-4-3-5-9(10(8)11)12-6-13;1-6-8(12)10-7-4-2-3-5-11(7)9(6)13/h3-7H,1-2H3,(H,12,13);12H,2-5H2,1H3. The van der Waals surface area contributed by atoms with Crippen LogP contribution in [0.1, 0.15) is 49.6 Å². The number of anilines is 1. The normalized spacial score (nSPS) is 12.8. The smallest absolute Gasteiger partial charge is 0.260 e. The van der Waals surface area contributed by atoms with Crippen LogP contribution in [-0.4, -0.2) is 21.1 Å². The Morgan fingerprint density at radius 3 is 2.73 bits per heavy atom. The van der Waals surface area contributed by atoms with Crippen molar-refractivity contribution in [2.75, 3.05) is 5.32 Å². The fraction of sp³-hybridized carbons (Fsp3) is 0.421. The second-order valence-corrected chi connectivity index (χ2v) is 6.89. The maximum Gasteiger partial charge on any atom is 0.260 e.